The summed E-state index contributed by atoms with van der Waals surface area (Å²) in [6, 6.07) is 22.7. The molecule has 0 aliphatic heterocycles. The predicted molar refractivity (Wildman–Crippen MR) is 134 cm³/mol. The molecule has 0 unspecified atom stereocenters. The highest BCUT2D eigenvalue weighted by Crippen LogP contribution is 2.43. The van der Waals surface area contributed by atoms with E-state index in [0.29, 0.717) is 23.7 Å². The second-order valence-electron chi connectivity index (χ2n) is 9.78. The number of benzene rings is 3. The van der Waals surface area contributed by atoms with Gasteiger partial charge in [0.05, 0.1) is 0 Å². The Morgan fingerprint density at radius 3 is 1.00 bits per heavy atom. The van der Waals surface area contributed by atoms with E-state index in [9.17, 15) is 0 Å². The van der Waals surface area contributed by atoms with Gasteiger partial charge in [0.1, 0.15) is 0 Å². The first kappa shape index (κ1) is 22.3. The van der Waals surface area contributed by atoms with Gasteiger partial charge in [-0.2, -0.15) is 0 Å². The summed E-state index contributed by atoms with van der Waals surface area (Å²) < 4.78 is 0. The molecule has 158 valence electrons. The van der Waals surface area contributed by atoms with Crippen molar-refractivity contribution in [1.82, 2.24) is 0 Å². The van der Waals surface area contributed by atoms with Crippen LogP contribution in [0.5, 0.6) is 0 Å². The molecule has 3 rings (SSSR count). The quantitative estimate of drug-likeness (QED) is 0.388. The van der Waals surface area contributed by atoms with Crippen molar-refractivity contribution < 1.29 is 0 Å². The summed E-state index contributed by atoms with van der Waals surface area (Å²) in [6.07, 6.45) is 0. The van der Waals surface area contributed by atoms with Gasteiger partial charge in [0.25, 0.3) is 0 Å². The van der Waals surface area contributed by atoms with Gasteiger partial charge < -0.3 is 0 Å². The lowest BCUT2D eigenvalue weighted by molar-refractivity contribution is 0.791. The maximum absolute atomic E-state index is 2.33. The highest BCUT2D eigenvalue weighted by molar-refractivity contribution is 5.87. The molecule has 0 heteroatoms. The molecule has 0 aliphatic rings. The van der Waals surface area contributed by atoms with Gasteiger partial charge in [0.2, 0.25) is 0 Å². The van der Waals surface area contributed by atoms with Crippen molar-refractivity contribution in [3.63, 3.8) is 0 Å². The van der Waals surface area contributed by atoms with Gasteiger partial charge in [-0.15, -0.1) is 0 Å². The van der Waals surface area contributed by atoms with Crippen LogP contribution < -0.4 is 0 Å². The first-order valence-electron chi connectivity index (χ1n) is 11.6. The summed E-state index contributed by atoms with van der Waals surface area (Å²) in [5, 5.41) is 0. The summed E-state index contributed by atoms with van der Waals surface area (Å²) in [6.45, 7) is 18.5. The highest BCUT2D eigenvalue weighted by atomic mass is 14.2. The summed E-state index contributed by atoms with van der Waals surface area (Å²) in [5.41, 5.74) is 11.4. The van der Waals surface area contributed by atoms with Crippen LogP contribution in [0.3, 0.4) is 0 Å². The van der Waals surface area contributed by atoms with Gasteiger partial charge in [-0.25, -0.2) is 0 Å². The molecule has 0 saturated heterocycles. The SMILES string of the molecule is CC(C)c1cccc(-c2ccccc2-c2cccc(C(C)C)c2C(C)C)c1C(C)C. The van der Waals surface area contributed by atoms with Crippen molar-refractivity contribution in [2.75, 3.05) is 0 Å². The topological polar surface area (TPSA) is 0 Å². The number of rotatable bonds is 6. The van der Waals surface area contributed by atoms with E-state index < -0.39 is 0 Å². The first-order chi connectivity index (χ1) is 14.2. The Morgan fingerprint density at radius 2 is 0.700 bits per heavy atom. The molecular weight excluding hydrogens is 360 g/mol. The molecule has 0 amide bonds. The molecule has 3 aromatic carbocycles. The predicted octanol–water partition coefficient (Wildman–Crippen LogP) is 9.51. The zero-order chi connectivity index (χ0) is 22.0. The largest absolute Gasteiger partial charge is 0.0616 e. The fourth-order valence-electron chi connectivity index (χ4n) is 4.88. The maximum Gasteiger partial charge on any atom is -0.0102 e. The molecule has 0 heterocycles. The minimum Gasteiger partial charge on any atom is -0.0616 e. The third-order valence-electron chi connectivity index (χ3n) is 6.19. The van der Waals surface area contributed by atoms with Crippen LogP contribution in [0.15, 0.2) is 60.7 Å². The minimum absolute atomic E-state index is 0.484. The van der Waals surface area contributed by atoms with Crippen LogP contribution in [0.25, 0.3) is 22.3 Å². The second-order valence-corrected chi connectivity index (χ2v) is 9.78. The molecule has 30 heavy (non-hydrogen) atoms. The maximum atomic E-state index is 2.33. The van der Waals surface area contributed by atoms with Crippen molar-refractivity contribution in [3.05, 3.63) is 82.9 Å². The number of hydrogen-bond acceptors (Lipinski definition) is 0. The van der Waals surface area contributed by atoms with Crippen molar-refractivity contribution in [2.45, 2.75) is 79.1 Å². The smallest absolute Gasteiger partial charge is 0.0102 e. The highest BCUT2D eigenvalue weighted by Gasteiger charge is 2.21. The first-order valence-corrected chi connectivity index (χ1v) is 11.6. The molecule has 3 aromatic rings. The van der Waals surface area contributed by atoms with Crippen LogP contribution >= 0.6 is 0 Å². The lowest BCUT2D eigenvalue weighted by Gasteiger charge is -2.24. The van der Waals surface area contributed by atoms with Crippen molar-refractivity contribution >= 4 is 0 Å². The molecule has 0 radical (unpaired) electrons. The van der Waals surface area contributed by atoms with Gasteiger partial charge in [-0.1, -0.05) is 116 Å². The molecular formula is C30H38. The molecule has 0 atom stereocenters. The molecule has 0 nitrogen and oxygen atoms in total. The minimum atomic E-state index is 0.484. The third kappa shape index (κ3) is 4.24. The molecule has 0 bridgehead atoms. The van der Waals surface area contributed by atoms with Crippen LogP contribution in [-0.2, 0) is 0 Å². The summed E-state index contributed by atoms with van der Waals surface area (Å²) in [7, 11) is 0. The van der Waals surface area contributed by atoms with Gasteiger partial charge in [0.15, 0.2) is 0 Å². The van der Waals surface area contributed by atoms with Crippen molar-refractivity contribution in [1.29, 1.82) is 0 Å². The fourth-order valence-corrected chi connectivity index (χ4v) is 4.88. The fraction of sp³-hybridized carbons (Fsp3) is 0.400. The third-order valence-corrected chi connectivity index (χ3v) is 6.19. The molecule has 0 aromatic heterocycles. The standard InChI is InChI=1S/C30H38/c1-19(2)23-15-11-17-27(29(23)21(5)6)25-13-9-10-14-26(25)28-18-12-16-24(20(3)4)30(28)22(7)8/h9-22H,1-8H3. The average molecular weight is 399 g/mol. The van der Waals surface area contributed by atoms with Crippen LogP contribution in [0.4, 0.5) is 0 Å². The molecule has 0 N–H and O–H groups in total. The van der Waals surface area contributed by atoms with E-state index in [2.05, 4.69) is 116 Å². The Hall–Kier alpha value is -2.34. The van der Waals surface area contributed by atoms with E-state index in [1.54, 1.807) is 0 Å². The van der Waals surface area contributed by atoms with E-state index in [1.165, 1.54) is 44.5 Å². The van der Waals surface area contributed by atoms with E-state index in [4.69, 9.17) is 0 Å². The molecule has 0 aliphatic carbocycles. The van der Waals surface area contributed by atoms with Crippen LogP contribution in [0.1, 0.15) is 101 Å². The number of hydrogen-bond donors (Lipinski definition) is 0. The van der Waals surface area contributed by atoms with E-state index >= 15 is 0 Å². The van der Waals surface area contributed by atoms with Crippen LogP contribution in [-0.4, -0.2) is 0 Å². The Kier molecular flexibility index (Phi) is 6.86. The Morgan fingerprint density at radius 1 is 0.367 bits per heavy atom. The molecule has 0 spiro atoms. The van der Waals surface area contributed by atoms with Crippen molar-refractivity contribution in [2.24, 2.45) is 0 Å². The average Bonchev–Trinajstić information content (AvgIpc) is 2.72. The lowest BCUT2D eigenvalue weighted by atomic mass is 9.80. The van der Waals surface area contributed by atoms with Gasteiger partial charge >= 0.3 is 0 Å². The van der Waals surface area contributed by atoms with Gasteiger partial charge in [-0.3, -0.25) is 0 Å². The Labute approximate surface area is 184 Å². The second kappa shape index (κ2) is 9.21. The molecule has 0 saturated carbocycles. The van der Waals surface area contributed by atoms with E-state index in [-0.39, 0.29) is 0 Å². The van der Waals surface area contributed by atoms with Gasteiger partial charge in [0, 0.05) is 0 Å². The summed E-state index contributed by atoms with van der Waals surface area (Å²) in [5.74, 6) is 2.01. The normalized spacial score (nSPS) is 11.9. The summed E-state index contributed by atoms with van der Waals surface area (Å²) in [4.78, 5) is 0. The zero-order valence-electron chi connectivity index (χ0n) is 20.1. The van der Waals surface area contributed by atoms with E-state index in [1.807, 2.05) is 0 Å². The summed E-state index contributed by atoms with van der Waals surface area (Å²) >= 11 is 0. The lowest BCUT2D eigenvalue weighted by Crippen LogP contribution is -2.04. The zero-order valence-corrected chi connectivity index (χ0v) is 20.1. The monoisotopic (exact) mass is 398 g/mol. The van der Waals surface area contributed by atoms with E-state index in [0.717, 1.165) is 0 Å². The van der Waals surface area contributed by atoms with Crippen LogP contribution in [0.2, 0.25) is 0 Å². The molecule has 0 fully saturated rings. The van der Waals surface area contributed by atoms with Crippen LogP contribution in [0, 0.1) is 0 Å². The Bertz CT molecular complexity index is 920. The van der Waals surface area contributed by atoms with Gasteiger partial charge in [-0.05, 0) is 68.2 Å². The van der Waals surface area contributed by atoms with Crippen molar-refractivity contribution in [3.8, 4) is 22.3 Å². The Balaban J connectivity index is 2.35.